The van der Waals surface area contributed by atoms with Crippen molar-refractivity contribution in [2.75, 3.05) is 13.7 Å². The molecule has 1 amide bonds. The van der Waals surface area contributed by atoms with Crippen LogP contribution in [0.15, 0.2) is 40.6 Å². The van der Waals surface area contributed by atoms with Gasteiger partial charge in [-0.2, -0.15) is 0 Å². The Morgan fingerprint density at radius 1 is 1.28 bits per heavy atom. The molecular weight excluding hydrogens is 434 g/mol. The molecule has 2 aromatic rings. The van der Waals surface area contributed by atoms with E-state index in [-0.39, 0.29) is 24.6 Å². The third-order valence-corrected chi connectivity index (χ3v) is 6.06. The van der Waals surface area contributed by atoms with Crippen LogP contribution >= 0.6 is 35.3 Å². The van der Waals surface area contributed by atoms with E-state index in [2.05, 4.69) is 0 Å². The highest BCUT2D eigenvalue weighted by Crippen LogP contribution is 2.35. The quantitative estimate of drug-likeness (QED) is 0.296. The van der Waals surface area contributed by atoms with E-state index in [1.165, 1.54) is 23.3 Å². The van der Waals surface area contributed by atoms with Crippen LogP contribution in [-0.4, -0.2) is 45.8 Å². The highest BCUT2D eigenvalue weighted by atomic mass is 32.2. The van der Waals surface area contributed by atoms with Gasteiger partial charge in [-0.25, -0.2) is 4.79 Å². The van der Waals surface area contributed by atoms with Crippen LogP contribution in [0.1, 0.15) is 21.7 Å². The molecule has 1 aliphatic heterocycles. The number of carbonyl (C=O) groups is 3. The first kappa shape index (κ1) is 21.0. The smallest absolute Gasteiger partial charge is 0.353 e. The molecule has 0 unspecified atom stereocenters. The van der Waals surface area contributed by atoms with Gasteiger partial charge in [0.2, 0.25) is 0 Å². The van der Waals surface area contributed by atoms with Crippen LogP contribution in [0.25, 0.3) is 6.08 Å². The van der Waals surface area contributed by atoms with E-state index >= 15 is 0 Å². The van der Waals surface area contributed by atoms with Gasteiger partial charge in [0, 0.05) is 6.54 Å². The minimum absolute atomic E-state index is 0.0261. The fourth-order valence-corrected chi connectivity index (χ4v) is 4.36. The average molecular weight is 450 g/mol. The number of thiocarbonyl (C=S) groups is 1. The van der Waals surface area contributed by atoms with Crippen molar-refractivity contribution in [3.8, 4) is 11.5 Å². The number of methoxy groups -OCH3 is 1. The molecule has 0 aliphatic carbocycles. The number of ether oxygens (including phenoxy) is 2. The minimum atomic E-state index is -1.000. The summed E-state index contributed by atoms with van der Waals surface area (Å²) >= 11 is 7.55. The second-order valence-electron chi connectivity index (χ2n) is 5.75. The lowest BCUT2D eigenvalue weighted by Crippen LogP contribution is -2.30. The molecule has 150 valence electrons. The summed E-state index contributed by atoms with van der Waals surface area (Å²) < 4.78 is 11.0. The molecule has 3 rings (SSSR count). The van der Waals surface area contributed by atoms with E-state index in [0.29, 0.717) is 25.4 Å². The number of carboxylic acids is 1. The van der Waals surface area contributed by atoms with E-state index in [9.17, 15) is 14.4 Å². The van der Waals surface area contributed by atoms with Gasteiger partial charge >= 0.3 is 11.9 Å². The number of benzene rings is 1. The van der Waals surface area contributed by atoms with Gasteiger partial charge in [0.25, 0.3) is 5.91 Å². The number of rotatable bonds is 7. The maximum absolute atomic E-state index is 12.5. The van der Waals surface area contributed by atoms with Crippen LogP contribution in [0.4, 0.5) is 0 Å². The zero-order chi connectivity index (χ0) is 21.0. The van der Waals surface area contributed by atoms with Gasteiger partial charge in [-0.05, 0) is 35.2 Å². The normalized spacial score (nSPS) is 15.1. The number of hydrogen-bond donors (Lipinski definition) is 1. The van der Waals surface area contributed by atoms with Crippen LogP contribution in [0.3, 0.4) is 0 Å². The number of hydrogen-bond acceptors (Lipinski definition) is 8. The maximum atomic E-state index is 12.5. The summed E-state index contributed by atoms with van der Waals surface area (Å²) in [6.45, 7) is 0.0261. The first-order chi connectivity index (χ1) is 13.9. The fourth-order valence-electron chi connectivity index (χ4n) is 2.45. The molecule has 0 spiro atoms. The Hall–Kier alpha value is -2.69. The number of thioether (sulfide) groups is 1. The number of thiophene rings is 1. The molecule has 1 aliphatic rings. The lowest BCUT2D eigenvalue weighted by atomic mass is 10.2. The molecule has 0 saturated carbocycles. The van der Waals surface area contributed by atoms with Crippen molar-refractivity contribution in [2.45, 2.75) is 6.42 Å². The van der Waals surface area contributed by atoms with Gasteiger partial charge in [0.15, 0.2) is 11.5 Å². The number of carbonyl (C=O) groups excluding carboxylic acids is 2. The minimum Gasteiger partial charge on any atom is -0.493 e. The van der Waals surface area contributed by atoms with Crippen LogP contribution in [0.2, 0.25) is 0 Å². The summed E-state index contributed by atoms with van der Waals surface area (Å²) in [5.74, 6) is -1.22. The summed E-state index contributed by atoms with van der Waals surface area (Å²) in [6.07, 6.45) is 1.45. The molecule has 1 saturated heterocycles. The topological polar surface area (TPSA) is 93.1 Å². The van der Waals surface area contributed by atoms with Crippen molar-refractivity contribution >= 4 is 63.6 Å². The predicted molar refractivity (Wildman–Crippen MR) is 114 cm³/mol. The first-order valence-electron chi connectivity index (χ1n) is 8.30. The fraction of sp³-hybridized carbons (Fsp3) is 0.158. The van der Waals surface area contributed by atoms with Crippen molar-refractivity contribution in [3.63, 3.8) is 0 Å². The maximum Gasteiger partial charge on any atom is 0.353 e. The lowest BCUT2D eigenvalue weighted by molar-refractivity contribution is -0.137. The summed E-state index contributed by atoms with van der Waals surface area (Å²) in [5.41, 5.74) is 0.650. The third kappa shape index (κ3) is 5.03. The van der Waals surface area contributed by atoms with E-state index in [1.807, 2.05) is 0 Å². The number of aliphatic carboxylic acids is 1. The molecule has 0 radical (unpaired) electrons. The molecule has 1 N–H and O–H groups in total. The highest BCUT2D eigenvalue weighted by molar-refractivity contribution is 8.26. The first-order valence-corrected chi connectivity index (χ1v) is 10.4. The van der Waals surface area contributed by atoms with Crippen molar-refractivity contribution in [1.29, 1.82) is 0 Å². The molecule has 7 nitrogen and oxygen atoms in total. The Kier molecular flexibility index (Phi) is 6.68. The van der Waals surface area contributed by atoms with E-state index < -0.39 is 11.9 Å². The van der Waals surface area contributed by atoms with Crippen LogP contribution in [0, 0.1) is 0 Å². The number of esters is 1. The molecule has 2 heterocycles. The predicted octanol–water partition coefficient (Wildman–Crippen LogP) is 3.65. The Labute approximate surface area is 179 Å². The van der Waals surface area contributed by atoms with Crippen LogP contribution in [0.5, 0.6) is 11.5 Å². The Bertz CT molecular complexity index is 999. The van der Waals surface area contributed by atoms with Gasteiger partial charge in [-0.1, -0.05) is 36.1 Å². The SMILES string of the molecule is COc1cc(C=C2SC(=S)N(CCC(=O)O)C2=O)ccc1OC(=O)c1cccs1. The molecule has 0 bridgehead atoms. The highest BCUT2D eigenvalue weighted by Gasteiger charge is 2.32. The molecule has 10 heteroatoms. The van der Waals surface area contributed by atoms with Crippen molar-refractivity contribution < 1.29 is 29.0 Å². The lowest BCUT2D eigenvalue weighted by Gasteiger charge is -2.12. The van der Waals surface area contributed by atoms with Gasteiger partial charge < -0.3 is 14.6 Å². The molecule has 29 heavy (non-hydrogen) atoms. The summed E-state index contributed by atoms with van der Waals surface area (Å²) in [6, 6.07) is 8.33. The molecule has 0 atom stereocenters. The number of carboxylic acid groups (broad SMARTS) is 1. The second-order valence-corrected chi connectivity index (χ2v) is 8.38. The van der Waals surface area contributed by atoms with E-state index in [4.69, 9.17) is 26.8 Å². The van der Waals surface area contributed by atoms with Crippen molar-refractivity contribution in [3.05, 3.63) is 51.1 Å². The van der Waals surface area contributed by atoms with Crippen molar-refractivity contribution in [1.82, 2.24) is 4.90 Å². The Morgan fingerprint density at radius 2 is 2.07 bits per heavy atom. The largest absolute Gasteiger partial charge is 0.493 e. The average Bonchev–Trinajstić information content (AvgIpc) is 3.31. The van der Waals surface area contributed by atoms with Crippen LogP contribution < -0.4 is 9.47 Å². The zero-order valence-electron chi connectivity index (χ0n) is 15.1. The summed E-state index contributed by atoms with van der Waals surface area (Å²) in [4.78, 5) is 37.5. The van der Waals surface area contributed by atoms with Gasteiger partial charge in [-0.3, -0.25) is 14.5 Å². The summed E-state index contributed by atoms with van der Waals surface area (Å²) in [5, 5.41) is 10.6. The Morgan fingerprint density at radius 3 is 2.72 bits per heavy atom. The number of amides is 1. The second kappa shape index (κ2) is 9.21. The molecular formula is C19H15NO6S3. The van der Waals surface area contributed by atoms with Gasteiger partial charge in [-0.15, -0.1) is 11.3 Å². The standard InChI is InChI=1S/C19H15NO6S3/c1-25-13-9-11(4-5-12(13)26-18(24)14-3-2-8-28-14)10-15-17(23)20(19(27)29-15)7-6-16(21)22/h2-5,8-10H,6-7H2,1H3,(H,21,22). The van der Waals surface area contributed by atoms with E-state index in [1.54, 1.807) is 41.8 Å². The third-order valence-electron chi connectivity index (χ3n) is 3.83. The monoisotopic (exact) mass is 449 g/mol. The van der Waals surface area contributed by atoms with Crippen LogP contribution in [-0.2, 0) is 9.59 Å². The molecule has 1 aromatic heterocycles. The van der Waals surface area contributed by atoms with E-state index in [0.717, 1.165) is 11.8 Å². The number of nitrogens with zero attached hydrogens (tertiary/aromatic N) is 1. The van der Waals surface area contributed by atoms with Gasteiger partial charge in [0.1, 0.15) is 9.20 Å². The van der Waals surface area contributed by atoms with Crippen molar-refractivity contribution in [2.24, 2.45) is 0 Å². The zero-order valence-corrected chi connectivity index (χ0v) is 17.6. The Balaban J connectivity index is 1.77. The van der Waals surface area contributed by atoms with Gasteiger partial charge in [0.05, 0.1) is 18.4 Å². The summed E-state index contributed by atoms with van der Waals surface area (Å²) in [7, 11) is 1.45. The molecule has 1 aromatic carbocycles. The molecule has 1 fully saturated rings.